The third kappa shape index (κ3) is 2.59. The molecule has 2 N–H and O–H groups in total. The third-order valence-electron chi connectivity index (χ3n) is 4.43. The van der Waals surface area contributed by atoms with Crippen LogP contribution in [0.25, 0.3) is 0 Å². The Labute approximate surface area is 118 Å². The van der Waals surface area contributed by atoms with Gasteiger partial charge in [0.25, 0.3) is 6.43 Å². The summed E-state index contributed by atoms with van der Waals surface area (Å²) in [4.78, 5) is 4.62. The molecule has 1 unspecified atom stereocenters. The molecule has 1 aromatic carbocycles. The van der Waals surface area contributed by atoms with E-state index in [1.54, 1.807) is 12.1 Å². The van der Waals surface area contributed by atoms with E-state index in [0.717, 1.165) is 32.6 Å². The van der Waals surface area contributed by atoms with Crippen LogP contribution in [-0.2, 0) is 0 Å². The topological polar surface area (TPSA) is 32.5 Å². The predicted molar refractivity (Wildman–Crippen MR) is 77.2 cm³/mol. The number of hydrogen-bond donors (Lipinski definition) is 1. The fraction of sp³-hybridized carbons (Fsp3) is 0.600. The maximum absolute atomic E-state index is 13.2. The molecule has 0 amide bonds. The Kier molecular flexibility index (Phi) is 3.78. The summed E-state index contributed by atoms with van der Waals surface area (Å²) in [5.74, 6) is 0. The average molecular weight is 281 g/mol. The fourth-order valence-electron chi connectivity index (χ4n) is 3.46. The van der Waals surface area contributed by atoms with Gasteiger partial charge in [0.15, 0.2) is 0 Å². The van der Waals surface area contributed by atoms with Gasteiger partial charge in [-0.15, -0.1) is 0 Å². The molecule has 2 fully saturated rings. The monoisotopic (exact) mass is 281 g/mol. The van der Waals surface area contributed by atoms with Gasteiger partial charge in [0.1, 0.15) is 0 Å². The molecule has 0 spiro atoms. The van der Waals surface area contributed by atoms with Crippen molar-refractivity contribution in [3.8, 4) is 0 Å². The van der Waals surface area contributed by atoms with E-state index >= 15 is 0 Å². The Morgan fingerprint density at radius 3 is 2.75 bits per heavy atom. The number of anilines is 2. The molecule has 1 aromatic rings. The van der Waals surface area contributed by atoms with Crippen molar-refractivity contribution in [2.75, 3.05) is 36.8 Å². The minimum Gasteiger partial charge on any atom is -0.399 e. The molecule has 5 heteroatoms. The first kappa shape index (κ1) is 13.6. The van der Waals surface area contributed by atoms with Gasteiger partial charge in [0.2, 0.25) is 0 Å². The SMILES string of the molecule is Nc1ccc(N2CCCN3CCCC3C2)c(C(F)F)c1. The van der Waals surface area contributed by atoms with Crippen LogP contribution in [0.3, 0.4) is 0 Å². The van der Waals surface area contributed by atoms with Crippen molar-refractivity contribution >= 4 is 11.4 Å². The van der Waals surface area contributed by atoms with Crippen molar-refractivity contribution < 1.29 is 8.78 Å². The molecule has 3 rings (SSSR count). The van der Waals surface area contributed by atoms with Crippen LogP contribution >= 0.6 is 0 Å². The van der Waals surface area contributed by atoms with Gasteiger partial charge >= 0.3 is 0 Å². The number of halogens is 2. The molecule has 3 nitrogen and oxygen atoms in total. The van der Waals surface area contributed by atoms with Gasteiger partial charge in [-0.25, -0.2) is 8.78 Å². The van der Waals surface area contributed by atoms with Gasteiger partial charge < -0.3 is 10.6 Å². The zero-order valence-corrected chi connectivity index (χ0v) is 11.6. The number of nitrogens with zero attached hydrogens (tertiary/aromatic N) is 2. The minimum absolute atomic E-state index is 0.0662. The van der Waals surface area contributed by atoms with Crippen molar-refractivity contribution in [3.63, 3.8) is 0 Å². The standard InChI is InChI=1S/C15H21F2N3/c16-15(17)13-9-11(18)4-5-14(13)20-8-2-7-19-6-1-3-12(19)10-20/h4-5,9,12,15H,1-3,6-8,10,18H2. The first-order valence-corrected chi connectivity index (χ1v) is 7.32. The maximum atomic E-state index is 13.2. The summed E-state index contributed by atoms with van der Waals surface area (Å²) in [7, 11) is 0. The zero-order valence-electron chi connectivity index (χ0n) is 11.6. The van der Waals surface area contributed by atoms with E-state index < -0.39 is 6.43 Å². The number of rotatable bonds is 2. The molecule has 0 bridgehead atoms. The highest BCUT2D eigenvalue weighted by molar-refractivity contribution is 5.60. The first-order valence-electron chi connectivity index (χ1n) is 7.32. The molecule has 0 aliphatic carbocycles. The molecule has 0 aromatic heterocycles. The van der Waals surface area contributed by atoms with E-state index in [2.05, 4.69) is 9.80 Å². The van der Waals surface area contributed by atoms with E-state index in [0.29, 0.717) is 17.4 Å². The van der Waals surface area contributed by atoms with Crippen LogP contribution < -0.4 is 10.6 Å². The molecule has 0 radical (unpaired) electrons. The van der Waals surface area contributed by atoms with Crippen LogP contribution in [0.2, 0.25) is 0 Å². The van der Waals surface area contributed by atoms with Gasteiger partial charge in [-0.2, -0.15) is 0 Å². The van der Waals surface area contributed by atoms with Gasteiger partial charge in [-0.05, 0) is 44.0 Å². The largest absolute Gasteiger partial charge is 0.399 e. The Hall–Kier alpha value is -1.36. The quantitative estimate of drug-likeness (QED) is 0.846. The highest BCUT2D eigenvalue weighted by Gasteiger charge is 2.30. The predicted octanol–water partition coefficient (Wildman–Crippen LogP) is 2.88. The van der Waals surface area contributed by atoms with Crippen LogP contribution in [0, 0.1) is 0 Å². The van der Waals surface area contributed by atoms with E-state index in [1.165, 1.54) is 18.9 Å². The summed E-state index contributed by atoms with van der Waals surface area (Å²) in [6, 6.07) is 5.40. The normalized spacial score (nSPS) is 23.9. The zero-order chi connectivity index (χ0) is 14.1. The maximum Gasteiger partial charge on any atom is 0.265 e. The second kappa shape index (κ2) is 5.56. The molecule has 20 heavy (non-hydrogen) atoms. The van der Waals surface area contributed by atoms with E-state index in [4.69, 9.17) is 5.73 Å². The van der Waals surface area contributed by atoms with E-state index in [-0.39, 0.29) is 5.56 Å². The summed E-state index contributed by atoms with van der Waals surface area (Å²) in [5.41, 5.74) is 6.78. The first-order chi connectivity index (χ1) is 9.65. The number of nitrogen functional groups attached to an aromatic ring is 1. The van der Waals surface area contributed by atoms with Crippen molar-refractivity contribution in [1.82, 2.24) is 4.90 Å². The molecule has 2 heterocycles. The van der Waals surface area contributed by atoms with Crippen molar-refractivity contribution in [1.29, 1.82) is 0 Å². The summed E-state index contributed by atoms with van der Waals surface area (Å²) < 4.78 is 26.5. The van der Waals surface area contributed by atoms with E-state index in [9.17, 15) is 8.78 Å². The van der Waals surface area contributed by atoms with Crippen LogP contribution in [0.1, 0.15) is 31.3 Å². The van der Waals surface area contributed by atoms with Crippen LogP contribution in [0.4, 0.5) is 20.2 Å². The summed E-state index contributed by atoms with van der Waals surface area (Å²) in [6.45, 7) is 3.93. The molecule has 1 atom stereocenters. The Bertz CT molecular complexity index is 478. The van der Waals surface area contributed by atoms with Gasteiger partial charge in [-0.3, -0.25) is 4.90 Å². The van der Waals surface area contributed by atoms with Crippen LogP contribution in [0.15, 0.2) is 18.2 Å². The van der Waals surface area contributed by atoms with Crippen LogP contribution in [0.5, 0.6) is 0 Å². The lowest BCUT2D eigenvalue weighted by Crippen LogP contribution is -2.37. The lowest BCUT2D eigenvalue weighted by Gasteiger charge is -2.29. The smallest absolute Gasteiger partial charge is 0.265 e. The molecule has 2 saturated heterocycles. The number of benzene rings is 1. The number of fused-ring (bicyclic) bond motifs is 1. The highest BCUT2D eigenvalue weighted by Crippen LogP contribution is 2.33. The third-order valence-corrected chi connectivity index (χ3v) is 4.43. The average Bonchev–Trinajstić information content (AvgIpc) is 2.76. The van der Waals surface area contributed by atoms with Crippen molar-refractivity contribution in [3.05, 3.63) is 23.8 Å². The fourth-order valence-corrected chi connectivity index (χ4v) is 3.46. The highest BCUT2D eigenvalue weighted by atomic mass is 19.3. The summed E-state index contributed by atoms with van der Waals surface area (Å²) in [5, 5.41) is 0. The molecular weight excluding hydrogens is 260 g/mol. The Morgan fingerprint density at radius 1 is 1.15 bits per heavy atom. The number of hydrogen-bond acceptors (Lipinski definition) is 3. The lowest BCUT2D eigenvalue weighted by atomic mass is 10.1. The molecular formula is C15H21F2N3. The lowest BCUT2D eigenvalue weighted by molar-refractivity contribution is 0.152. The number of alkyl halides is 2. The minimum atomic E-state index is -2.48. The molecule has 0 saturated carbocycles. The Morgan fingerprint density at radius 2 is 1.95 bits per heavy atom. The van der Waals surface area contributed by atoms with Gasteiger partial charge in [-0.1, -0.05) is 0 Å². The Balaban J connectivity index is 1.87. The molecule has 110 valence electrons. The second-order valence-electron chi connectivity index (χ2n) is 5.75. The molecule has 2 aliphatic rings. The summed E-state index contributed by atoms with van der Waals surface area (Å²) >= 11 is 0. The van der Waals surface area contributed by atoms with Crippen molar-refractivity contribution in [2.45, 2.75) is 31.7 Å². The van der Waals surface area contributed by atoms with E-state index in [1.807, 2.05) is 0 Å². The van der Waals surface area contributed by atoms with Gasteiger partial charge in [0.05, 0.1) is 0 Å². The second-order valence-corrected chi connectivity index (χ2v) is 5.75. The molecule has 2 aliphatic heterocycles. The van der Waals surface area contributed by atoms with Gasteiger partial charge in [0, 0.05) is 42.6 Å². The summed E-state index contributed by atoms with van der Waals surface area (Å²) in [6.07, 6.45) is 0.956. The number of nitrogens with two attached hydrogens (primary N) is 1. The van der Waals surface area contributed by atoms with Crippen molar-refractivity contribution in [2.24, 2.45) is 0 Å². The van der Waals surface area contributed by atoms with Crippen LogP contribution in [-0.4, -0.2) is 37.1 Å².